The summed E-state index contributed by atoms with van der Waals surface area (Å²) in [4.78, 5) is 11.2. The van der Waals surface area contributed by atoms with Crippen LogP contribution >= 0.6 is 15.9 Å². The third kappa shape index (κ3) is 3.14. The van der Waals surface area contributed by atoms with Crippen molar-refractivity contribution in [1.29, 1.82) is 0 Å². The first kappa shape index (κ1) is 11.2. The zero-order chi connectivity index (χ0) is 10.4. The van der Waals surface area contributed by atoms with E-state index in [2.05, 4.69) is 28.2 Å². The summed E-state index contributed by atoms with van der Waals surface area (Å²) in [5.41, 5.74) is 1.16. The molecule has 0 fully saturated rings. The van der Waals surface area contributed by atoms with Crippen molar-refractivity contribution in [3.63, 3.8) is 0 Å². The molecule has 0 saturated carbocycles. The summed E-state index contributed by atoms with van der Waals surface area (Å²) in [6.07, 6.45) is 0.906. The van der Waals surface area contributed by atoms with E-state index in [9.17, 15) is 4.79 Å². The van der Waals surface area contributed by atoms with Crippen LogP contribution in [0.3, 0.4) is 0 Å². The molecule has 76 valence electrons. The number of nitrogens with one attached hydrogen (secondary N) is 1. The number of rotatable bonds is 4. The highest BCUT2D eigenvalue weighted by molar-refractivity contribution is 9.09. The molecule has 0 bridgehead atoms. The average Bonchev–Trinajstić information content (AvgIpc) is 2.26. The first-order chi connectivity index (χ1) is 6.77. The Bertz CT molecular complexity index is 287. The van der Waals surface area contributed by atoms with Crippen molar-refractivity contribution in [3.8, 4) is 0 Å². The molecule has 0 unspecified atom stereocenters. The Kier molecular flexibility index (Phi) is 4.66. The summed E-state index contributed by atoms with van der Waals surface area (Å²) >= 11 is 3.13. The number of alkyl halides is 1. The average molecular weight is 256 g/mol. The predicted octanol–water partition coefficient (Wildman–Crippen LogP) is 2.65. The van der Waals surface area contributed by atoms with Crippen molar-refractivity contribution in [2.75, 3.05) is 5.33 Å². The van der Waals surface area contributed by atoms with Crippen LogP contribution < -0.4 is 5.32 Å². The van der Waals surface area contributed by atoms with Gasteiger partial charge in [0.05, 0.1) is 11.4 Å². The lowest BCUT2D eigenvalue weighted by molar-refractivity contribution is -0.119. The lowest BCUT2D eigenvalue weighted by Gasteiger charge is -2.16. The maximum atomic E-state index is 11.2. The Balaban J connectivity index is 2.68. The van der Waals surface area contributed by atoms with Gasteiger partial charge in [0.2, 0.25) is 5.91 Å². The van der Waals surface area contributed by atoms with Crippen LogP contribution in [-0.4, -0.2) is 11.2 Å². The third-order valence-corrected chi connectivity index (χ3v) is 2.58. The van der Waals surface area contributed by atoms with Crippen LogP contribution in [0.15, 0.2) is 30.3 Å². The number of carbonyl (C=O) groups is 1. The minimum absolute atomic E-state index is 0.0284. The standard InChI is InChI=1S/C11H14BrNO/c1-2-10(13-11(14)8-12)9-6-4-3-5-7-9/h3-7,10H,2,8H2,1H3,(H,13,14)/t10-/m1/s1. The molecule has 0 radical (unpaired) electrons. The molecule has 0 heterocycles. The Morgan fingerprint density at radius 1 is 1.43 bits per heavy atom. The molecular weight excluding hydrogens is 242 g/mol. The smallest absolute Gasteiger partial charge is 0.231 e. The van der Waals surface area contributed by atoms with Gasteiger partial charge in [-0.2, -0.15) is 0 Å². The molecule has 1 aromatic carbocycles. The van der Waals surface area contributed by atoms with Crippen molar-refractivity contribution in [3.05, 3.63) is 35.9 Å². The highest BCUT2D eigenvalue weighted by atomic mass is 79.9. The summed E-state index contributed by atoms with van der Waals surface area (Å²) in [7, 11) is 0. The van der Waals surface area contributed by atoms with Gasteiger partial charge in [-0.1, -0.05) is 53.2 Å². The number of halogens is 1. The fourth-order valence-electron chi connectivity index (χ4n) is 1.34. The third-order valence-electron chi connectivity index (χ3n) is 2.07. The minimum Gasteiger partial charge on any atom is -0.349 e. The molecule has 1 amide bonds. The van der Waals surface area contributed by atoms with Crippen molar-refractivity contribution in [2.24, 2.45) is 0 Å². The number of amides is 1. The second-order valence-corrected chi connectivity index (χ2v) is 3.63. The van der Waals surface area contributed by atoms with Gasteiger partial charge in [-0.3, -0.25) is 4.79 Å². The molecule has 1 N–H and O–H groups in total. The van der Waals surface area contributed by atoms with Gasteiger partial charge in [-0.05, 0) is 12.0 Å². The fourth-order valence-corrected chi connectivity index (χ4v) is 1.50. The maximum absolute atomic E-state index is 11.2. The van der Waals surface area contributed by atoms with Gasteiger partial charge >= 0.3 is 0 Å². The van der Waals surface area contributed by atoms with Crippen LogP contribution in [0.4, 0.5) is 0 Å². The van der Waals surface area contributed by atoms with Crippen LogP contribution in [-0.2, 0) is 4.79 Å². The van der Waals surface area contributed by atoms with E-state index < -0.39 is 0 Å². The van der Waals surface area contributed by atoms with Crippen LogP contribution in [0.25, 0.3) is 0 Å². The molecule has 2 nitrogen and oxygen atoms in total. The quantitative estimate of drug-likeness (QED) is 0.824. The minimum atomic E-state index is 0.0284. The van der Waals surface area contributed by atoms with Crippen LogP contribution in [0.5, 0.6) is 0 Å². The predicted molar refractivity (Wildman–Crippen MR) is 61.4 cm³/mol. The first-order valence-electron chi connectivity index (χ1n) is 4.68. The molecule has 0 aliphatic heterocycles. The van der Waals surface area contributed by atoms with Crippen molar-refractivity contribution in [2.45, 2.75) is 19.4 Å². The van der Waals surface area contributed by atoms with Crippen molar-refractivity contribution in [1.82, 2.24) is 5.32 Å². The highest BCUT2D eigenvalue weighted by Gasteiger charge is 2.10. The Labute approximate surface area is 92.8 Å². The van der Waals surface area contributed by atoms with Gasteiger partial charge < -0.3 is 5.32 Å². The van der Waals surface area contributed by atoms with E-state index in [4.69, 9.17) is 0 Å². The van der Waals surface area contributed by atoms with Crippen molar-refractivity contribution < 1.29 is 4.79 Å². The van der Waals surface area contributed by atoms with E-state index in [0.29, 0.717) is 5.33 Å². The molecule has 14 heavy (non-hydrogen) atoms. The summed E-state index contributed by atoms with van der Waals surface area (Å²) in [6.45, 7) is 2.06. The molecule has 0 spiro atoms. The zero-order valence-electron chi connectivity index (χ0n) is 8.16. The molecule has 3 heteroatoms. The lowest BCUT2D eigenvalue weighted by Crippen LogP contribution is -2.28. The van der Waals surface area contributed by atoms with Crippen LogP contribution in [0.2, 0.25) is 0 Å². The largest absolute Gasteiger partial charge is 0.349 e. The van der Waals surface area contributed by atoms with E-state index >= 15 is 0 Å². The van der Waals surface area contributed by atoms with Gasteiger partial charge in [-0.25, -0.2) is 0 Å². The summed E-state index contributed by atoms with van der Waals surface area (Å²) in [6, 6.07) is 10.1. The molecule has 0 aliphatic rings. The normalized spacial score (nSPS) is 12.1. The highest BCUT2D eigenvalue weighted by Crippen LogP contribution is 2.15. The molecular formula is C11H14BrNO. The molecule has 0 aromatic heterocycles. The summed E-state index contributed by atoms with van der Waals surface area (Å²) in [5, 5.41) is 3.30. The maximum Gasteiger partial charge on any atom is 0.231 e. The van der Waals surface area contributed by atoms with E-state index in [1.807, 2.05) is 30.3 Å². The molecule has 0 saturated heterocycles. The van der Waals surface area contributed by atoms with Gasteiger partial charge in [0.25, 0.3) is 0 Å². The van der Waals surface area contributed by atoms with Gasteiger partial charge in [0.1, 0.15) is 0 Å². The van der Waals surface area contributed by atoms with Crippen molar-refractivity contribution >= 4 is 21.8 Å². The number of benzene rings is 1. The van der Waals surface area contributed by atoms with Gasteiger partial charge in [0, 0.05) is 0 Å². The zero-order valence-corrected chi connectivity index (χ0v) is 9.75. The second kappa shape index (κ2) is 5.81. The Hall–Kier alpha value is -0.830. The van der Waals surface area contributed by atoms with E-state index in [1.54, 1.807) is 0 Å². The first-order valence-corrected chi connectivity index (χ1v) is 5.80. The fraction of sp³-hybridized carbons (Fsp3) is 0.364. The molecule has 0 aliphatic carbocycles. The summed E-state index contributed by atoms with van der Waals surface area (Å²) in [5.74, 6) is 0.0284. The summed E-state index contributed by atoms with van der Waals surface area (Å²) < 4.78 is 0. The second-order valence-electron chi connectivity index (χ2n) is 3.07. The van der Waals surface area contributed by atoms with Crippen LogP contribution in [0.1, 0.15) is 24.9 Å². The van der Waals surface area contributed by atoms with Gasteiger partial charge in [0.15, 0.2) is 0 Å². The Morgan fingerprint density at radius 3 is 2.57 bits per heavy atom. The van der Waals surface area contributed by atoms with Crippen LogP contribution in [0, 0.1) is 0 Å². The number of hydrogen-bond donors (Lipinski definition) is 1. The molecule has 1 rings (SSSR count). The topological polar surface area (TPSA) is 29.1 Å². The monoisotopic (exact) mass is 255 g/mol. The van der Waals surface area contributed by atoms with E-state index in [1.165, 1.54) is 0 Å². The number of hydrogen-bond acceptors (Lipinski definition) is 1. The lowest BCUT2D eigenvalue weighted by atomic mass is 10.1. The number of carbonyl (C=O) groups excluding carboxylic acids is 1. The molecule has 1 aromatic rings. The van der Waals surface area contributed by atoms with Gasteiger partial charge in [-0.15, -0.1) is 0 Å². The molecule has 1 atom stereocenters. The SMILES string of the molecule is CC[C@@H](NC(=O)CBr)c1ccccc1. The van der Waals surface area contributed by atoms with E-state index in [0.717, 1.165) is 12.0 Å². The van der Waals surface area contributed by atoms with E-state index in [-0.39, 0.29) is 11.9 Å². The Morgan fingerprint density at radius 2 is 2.07 bits per heavy atom.